The first-order valence-corrected chi connectivity index (χ1v) is 5.92. The Balaban J connectivity index is 2.08. The number of benzene rings is 1. The van der Waals surface area contributed by atoms with Crippen molar-refractivity contribution in [1.82, 2.24) is 5.32 Å². The molecule has 0 aliphatic heterocycles. The minimum absolute atomic E-state index is 0.0304. The van der Waals surface area contributed by atoms with Gasteiger partial charge in [-0.2, -0.15) is 0 Å². The summed E-state index contributed by atoms with van der Waals surface area (Å²) in [5.41, 5.74) is 0.319. The summed E-state index contributed by atoms with van der Waals surface area (Å²) >= 11 is 2.17. The van der Waals surface area contributed by atoms with E-state index < -0.39 is 0 Å². The summed E-state index contributed by atoms with van der Waals surface area (Å²) in [7, 11) is 0. The fourth-order valence-corrected chi connectivity index (χ4v) is 1.96. The molecular formula is C11H12INO2. The van der Waals surface area contributed by atoms with Crippen molar-refractivity contribution in [3.8, 4) is 0 Å². The van der Waals surface area contributed by atoms with Gasteiger partial charge in [0.05, 0.1) is 12.1 Å². The van der Waals surface area contributed by atoms with Gasteiger partial charge in [0.25, 0.3) is 5.91 Å². The molecule has 0 unspecified atom stereocenters. The maximum Gasteiger partial charge on any atom is 0.251 e. The maximum atomic E-state index is 11.8. The van der Waals surface area contributed by atoms with Crippen LogP contribution < -0.4 is 5.32 Å². The van der Waals surface area contributed by atoms with Crippen LogP contribution >= 0.6 is 22.6 Å². The molecule has 1 aromatic rings. The molecule has 0 atom stereocenters. The van der Waals surface area contributed by atoms with Crippen LogP contribution in [0, 0.1) is 3.57 Å². The van der Waals surface area contributed by atoms with Crippen molar-refractivity contribution in [3.63, 3.8) is 0 Å². The summed E-state index contributed by atoms with van der Waals surface area (Å²) in [6, 6.07) is 7.42. The Morgan fingerprint density at radius 1 is 1.53 bits per heavy atom. The van der Waals surface area contributed by atoms with Gasteiger partial charge in [-0.05, 0) is 53.6 Å². The van der Waals surface area contributed by atoms with Gasteiger partial charge in [0, 0.05) is 9.13 Å². The highest BCUT2D eigenvalue weighted by Crippen LogP contribution is 2.34. The molecule has 15 heavy (non-hydrogen) atoms. The van der Waals surface area contributed by atoms with E-state index in [9.17, 15) is 4.79 Å². The van der Waals surface area contributed by atoms with Gasteiger partial charge in [0.2, 0.25) is 0 Å². The largest absolute Gasteiger partial charge is 0.394 e. The minimum atomic E-state index is -0.335. The van der Waals surface area contributed by atoms with Gasteiger partial charge >= 0.3 is 0 Å². The third-order valence-corrected chi connectivity index (χ3v) is 3.29. The van der Waals surface area contributed by atoms with E-state index in [1.165, 1.54) is 0 Å². The molecular weight excluding hydrogens is 305 g/mol. The predicted octanol–water partition coefficient (Wildman–Crippen LogP) is 1.55. The number of carbonyl (C=O) groups is 1. The summed E-state index contributed by atoms with van der Waals surface area (Å²) in [5.74, 6) is -0.0972. The summed E-state index contributed by atoms with van der Waals surface area (Å²) in [6.45, 7) is 0.0304. The Kier molecular flexibility index (Phi) is 2.97. The van der Waals surface area contributed by atoms with Crippen molar-refractivity contribution in [2.45, 2.75) is 18.4 Å². The summed E-state index contributed by atoms with van der Waals surface area (Å²) in [5, 5.41) is 12.0. The Bertz CT molecular complexity index is 388. The van der Waals surface area contributed by atoms with Crippen molar-refractivity contribution in [1.29, 1.82) is 0 Å². The number of carbonyl (C=O) groups excluding carboxylic acids is 1. The second kappa shape index (κ2) is 4.09. The predicted molar refractivity (Wildman–Crippen MR) is 65.7 cm³/mol. The average Bonchev–Trinajstić information content (AvgIpc) is 2.98. The monoisotopic (exact) mass is 317 g/mol. The lowest BCUT2D eigenvalue weighted by Crippen LogP contribution is -2.39. The number of hydrogen-bond acceptors (Lipinski definition) is 2. The third kappa shape index (κ3) is 2.49. The quantitative estimate of drug-likeness (QED) is 0.831. The lowest BCUT2D eigenvalue weighted by molar-refractivity contribution is 0.0906. The van der Waals surface area contributed by atoms with Crippen molar-refractivity contribution >= 4 is 28.5 Å². The number of nitrogens with one attached hydrogen (secondary N) is 1. The Hall–Kier alpha value is -0.620. The zero-order valence-corrected chi connectivity index (χ0v) is 10.3. The molecule has 1 aliphatic rings. The molecule has 1 saturated carbocycles. The van der Waals surface area contributed by atoms with Crippen LogP contribution in [0.25, 0.3) is 0 Å². The fraction of sp³-hybridized carbons (Fsp3) is 0.364. The molecule has 0 saturated heterocycles. The standard InChI is InChI=1S/C11H12INO2/c12-9-3-1-2-8(6-9)10(15)13-11(7-14)4-5-11/h1-3,6,14H,4-5,7H2,(H,13,15). The molecule has 0 heterocycles. The van der Waals surface area contributed by atoms with Crippen molar-refractivity contribution in [3.05, 3.63) is 33.4 Å². The SMILES string of the molecule is O=C(NC1(CO)CC1)c1cccc(I)c1. The number of aliphatic hydroxyl groups excluding tert-OH is 1. The van der Waals surface area contributed by atoms with Crippen LogP contribution in [0.5, 0.6) is 0 Å². The molecule has 2 N–H and O–H groups in total. The molecule has 2 rings (SSSR count). The van der Waals surface area contributed by atoms with Crippen molar-refractivity contribution in [2.75, 3.05) is 6.61 Å². The fourth-order valence-electron chi connectivity index (χ4n) is 1.42. The lowest BCUT2D eigenvalue weighted by Gasteiger charge is -2.14. The zero-order chi connectivity index (χ0) is 10.9. The average molecular weight is 317 g/mol. The highest BCUT2D eigenvalue weighted by atomic mass is 127. The third-order valence-electron chi connectivity index (χ3n) is 2.62. The van der Waals surface area contributed by atoms with E-state index in [2.05, 4.69) is 27.9 Å². The van der Waals surface area contributed by atoms with Crippen LogP contribution in [0.1, 0.15) is 23.2 Å². The zero-order valence-electron chi connectivity index (χ0n) is 8.16. The van der Waals surface area contributed by atoms with Gasteiger partial charge in [-0.1, -0.05) is 6.07 Å². The van der Waals surface area contributed by atoms with Crippen LogP contribution in [0.3, 0.4) is 0 Å². The van der Waals surface area contributed by atoms with E-state index >= 15 is 0 Å². The van der Waals surface area contributed by atoms with Gasteiger partial charge < -0.3 is 10.4 Å². The first kappa shape index (κ1) is 10.9. The van der Waals surface area contributed by atoms with Gasteiger partial charge in [-0.3, -0.25) is 4.79 Å². The summed E-state index contributed by atoms with van der Waals surface area (Å²) in [6.07, 6.45) is 1.75. The molecule has 0 spiro atoms. The number of amides is 1. The Labute approximate surface area is 102 Å². The molecule has 3 nitrogen and oxygen atoms in total. The first-order chi connectivity index (χ1) is 7.15. The number of rotatable bonds is 3. The minimum Gasteiger partial charge on any atom is -0.394 e. The molecule has 80 valence electrons. The highest BCUT2D eigenvalue weighted by Gasteiger charge is 2.43. The number of aliphatic hydroxyl groups is 1. The van der Waals surface area contributed by atoms with Gasteiger partial charge in [-0.15, -0.1) is 0 Å². The van der Waals surface area contributed by atoms with Crippen LogP contribution in [0.15, 0.2) is 24.3 Å². The van der Waals surface area contributed by atoms with E-state index in [0.29, 0.717) is 5.56 Å². The summed E-state index contributed by atoms with van der Waals surface area (Å²) < 4.78 is 1.04. The van der Waals surface area contributed by atoms with Gasteiger partial charge in [0.1, 0.15) is 0 Å². The smallest absolute Gasteiger partial charge is 0.251 e. The molecule has 1 amide bonds. The first-order valence-electron chi connectivity index (χ1n) is 4.84. The normalized spacial score (nSPS) is 17.2. The highest BCUT2D eigenvalue weighted by molar-refractivity contribution is 14.1. The van der Waals surface area contributed by atoms with E-state index in [1.807, 2.05) is 18.2 Å². The van der Waals surface area contributed by atoms with Crippen LogP contribution in [-0.4, -0.2) is 23.2 Å². The number of halogens is 1. The molecule has 1 aliphatic carbocycles. The second-order valence-corrected chi connectivity index (χ2v) is 5.15. The van der Waals surface area contributed by atoms with E-state index in [0.717, 1.165) is 16.4 Å². The van der Waals surface area contributed by atoms with Crippen molar-refractivity contribution in [2.24, 2.45) is 0 Å². The van der Waals surface area contributed by atoms with Gasteiger partial charge in [0.15, 0.2) is 0 Å². The molecule has 1 fully saturated rings. The maximum absolute atomic E-state index is 11.8. The van der Waals surface area contributed by atoms with E-state index in [-0.39, 0.29) is 18.1 Å². The topological polar surface area (TPSA) is 49.3 Å². The second-order valence-electron chi connectivity index (χ2n) is 3.90. The number of hydrogen-bond donors (Lipinski definition) is 2. The van der Waals surface area contributed by atoms with Crippen LogP contribution in [0.4, 0.5) is 0 Å². The summed E-state index contributed by atoms with van der Waals surface area (Å²) in [4.78, 5) is 11.8. The molecule has 0 aromatic heterocycles. The van der Waals surface area contributed by atoms with Crippen LogP contribution in [-0.2, 0) is 0 Å². The molecule has 4 heteroatoms. The molecule has 0 bridgehead atoms. The van der Waals surface area contributed by atoms with Gasteiger partial charge in [-0.25, -0.2) is 0 Å². The van der Waals surface area contributed by atoms with E-state index in [1.54, 1.807) is 6.07 Å². The molecule has 0 radical (unpaired) electrons. The lowest BCUT2D eigenvalue weighted by atomic mass is 10.2. The Morgan fingerprint density at radius 3 is 2.80 bits per heavy atom. The van der Waals surface area contributed by atoms with Crippen molar-refractivity contribution < 1.29 is 9.90 Å². The van der Waals surface area contributed by atoms with Crippen LogP contribution in [0.2, 0.25) is 0 Å². The molecule has 1 aromatic carbocycles. The van der Waals surface area contributed by atoms with E-state index in [4.69, 9.17) is 5.11 Å². The Morgan fingerprint density at radius 2 is 2.27 bits per heavy atom.